The number of hydrogen-bond acceptors (Lipinski definition) is 8. The van der Waals surface area contributed by atoms with Gasteiger partial charge < -0.3 is 24.3 Å². The summed E-state index contributed by atoms with van der Waals surface area (Å²) < 4.78 is 22.1. The van der Waals surface area contributed by atoms with Gasteiger partial charge in [0.05, 0.1) is 39.4 Å². The standard InChI is InChI=1S/C26H29NO6S/c1-6-33-26(29)23-14(2)27-17-10-15(22-8-7-9-34-22)11-18(28)25(17)24(23)16-12-20(31-4)21(32-5)13-19(16)30-3/h7-9,12-13,15,24,27H,6,10-11H2,1-5H3. The molecule has 8 heteroatoms. The number of nitrogens with one attached hydrogen (secondary N) is 1. The fourth-order valence-electron chi connectivity index (χ4n) is 4.83. The molecule has 0 amide bonds. The lowest BCUT2D eigenvalue weighted by Gasteiger charge is -2.37. The minimum Gasteiger partial charge on any atom is -0.496 e. The zero-order chi connectivity index (χ0) is 24.4. The Morgan fingerprint density at radius 2 is 1.79 bits per heavy atom. The first-order valence-corrected chi connectivity index (χ1v) is 12.1. The molecule has 1 aliphatic carbocycles. The van der Waals surface area contributed by atoms with Crippen LogP contribution in [0.1, 0.15) is 49.0 Å². The van der Waals surface area contributed by atoms with Crippen molar-refractivity contribution in [2.45, 2.75) is 38.5 Å². The van der Waals surface area contributed by atoms with Gasteiger partial charge >= 0.3 is 5.97 Å². The molecule has 7 nitrogen and oxygen atoms in total. The van der Waals surface area contributed by atoms with Gasteiger partial charge in [0.25, 0.3) is 0 Å². The molecule has 0 fully saturated rings. The predicted molar refractivity (Wildman–Crippen MR) is 130 cm³/mol. The number of ether oxygens (including phenoxy) is 4. The molecule has 2 heterocycles. The number of allylic oxidation sites excluding steroid dienone is 3. The van der Waals surface area contributed by atoms with E-state index < -0.39 is 11.9 Å². The van der Waals surface area contributed by atoms with Crippen LogP contribution in [0.4, 0.5) is 0 Å². The smallest absolute Gasteiger partial charge is 0.336 e. The van der Waals surface area contributed by atoms with Crippen LogP contribution < -0.4 is 19.5 Å². The summed E-state index contributed by atoms with van der Waals surface area (Å²) in [5.74, 6) is 0.471. The molecule has 1 aromatic heterocycles. The second-order valence-electron chi connectivity index (χ2n) is 8.20. The molecular weight excluding hydrogens is 454 g/mol. The van der Waals surface area contributed by atoms with Crippen LogP contribution in [0, 0.1) is 0 Å². The topological polar surface area (TPSA) is 83.1 Å². The molecule has 0 bridgehead atoms. The summed E-state index contributed by atoms with van der Waals surface area (Å²) in [4.78, 5) is 28.0. The normalized spacial score (nSPS) is 20.0. The maximum atomic E-state index is 13.7. The molecule has 34 heavy (non-hydrogen) atoms. The molecule has 2 aromatic rings. The fraction of sp³-hybridized carbons (Fsp3) is 0.385. The maximum Gasteiger partial charge on any atom is 0.336 e. The highest BCUT2D eigenvalue weighted by Gasteiger charge is 2.43. The summed E-state index contributed by atoms with van der Waals surface area (Å²) >= 11 is 1.66. The quantitative estimate of drug-likeness (QED) is 0.572. The number of ketones is 1. The van der Waals surface area contributed by atoms with E-state index in [9.17, 15) is 9.59 Å². The number of rotatable bonds is 7. The number of Topliss-reactive ketones (excluding diaryl/α,β-unsaturated/α-hetero) is 1. The molecule has 1 aliphatic heterocycles. The van der Waals surface area contributed by atoms with Gasteiger partial charge in [-0.25, -0.2) is 4.79 Å². The van der Waals surface area contributed by atoms with Crippen LogP contribution in [-0.4, -0.2) is 39.7 Å². The van der Waals surface area contributed by atoms with Crippen LogP contribution in [0.5, 0.6) is 17.2 Å². The second-order valence-corrected chi connectivity index (χ2v) is 9.18. The lowest BCUT2D eigenvalue weighted by atomic mass is 9.72. The van der Waals surface area contributed by atoms with E-state index in [1.807, 2.05) is 18.4 Å². The van der Waals surface area contributed by atoms with Crippen molar-refractivity contribution < 1.29 is 28.5 Å². The highest BCUT2D eigenvalue weighted by atomic mass is 32.1. The van der Waals surface area contributed by atoms with Crippen molar-refractivity contribution in [3.63, 3.8) is 0 Å². The van der Waals surface area contributed by atoms with E-state index in [0.717, 1.165) is 5.70 Å². The Hall–Kier alpha value is -3.26. The van der Waals surface area contributed by atoms with E-state index in [-0.39, 0.29) is 18.3 Å². The Labute approximate surface area is 203 Å². The van der Waals surface area contributed by atoms with Crippen molar-refractivity contribution >= 4 is 23.1 Å². The predicted octanol–water partition coefficient (Wildman–Crippen LogP) is 4.70. The Bertz CT molecular complexity index is 1160. The van der Waals surface area contributed by atoms with Crippen molar-refractivity contribution in [2.24, 2.45) is 0 Å². The monoisotopic (exact) mass is 483 g/mol. The number of esters is 1. The lowest BCUT2D eigenvalue weighted by Crippen LogP contribution is -2.36. The van der Waals surface area contributed by atoms with Gasteiger partial charge in [-0.15, -0.1) is 11.3 Å². The largest absolute Gasteiger partial charge is 0.496 e. The maximum absolute atomic E-state index is 13.7. The van der Waals surface area contributed by atoms with Gasteiger partial charge in [0, 0.05) is 45.8 Å². The molecule has 0 radical (unpaired) electrons. The Kier molecular flexibility index (Phi) is 6.97. The Morgan fingerprint density at radius 3 is 2.41 bits per heavy atom. The second kappa shape index (κ2) is 9.93. The highest BCUT2D eigenvalue weighted by molar-refractivity contribution is 7.10. The van der Waals surface area contributed by atoms with Crippen LogP contribution in [-0.2, 0) is 14.3 Å². The van der Waals surface area contributed by atoms with Crippen LogP contribution in [0.3, 0.4) is 0 Å². The zero-order valence-electron chi connectivity index (χ0n) is 20.0. The molecule has 1 N–H and O–H groups in total. The Morgan fingerprint density at radius 1 is 1.09 bits per heavy atom. The minimum absolute atomic E-state index is 0.00304. The highest BCUT2D eigenvalue weighted by Crippen LogP contribution is 2.50. The van der Waals surface area contributed by atoms with E-state index >= 15 is 0 Å². The van der Waals surface area contributed by atoms with Gasteiger partial charge in [-0.05, 0) is 37.8 Å². The van der Waals surface area contributed by atoms with Crippen LogP contribution in [0.2, 0.25) is 0 Å². The number of benzene rings is 1. The first kappa shape index (κ1) is 23.9. The average molecular weight is 484 g/mol. The van der Waals surface area contributed by atoms with Crippen molar-refractivity contribution in [3.05, 3.63) is 62.6 Å². The molecule has 2 aliphatic rings. The number of methoxy groups -OCH3 is 3. The third-order valence-corrected chi connectivity index (χ3v) is 7.35. The lowest BCUT2D eigenvalue weighted by molar-refractivity contribution is -0.138. The average Bonchev–Trinajstić information content (AvgIpc) is 3.37. The van der Waals surface area contributed by atoms with Gasteiger partial charge in [-0.1, -0.05) is 6.07 Å². The van der Waals surface area contributed by atoms with Crippen molar-refractivity contribution in [1.82, 2.24) is 5.32 Å². The number of hydrogen-bond donors (Lipinski definition) is 1. The summed E-state index contributed by atoms with van der Waals surface area (Å²) in [5.41, 5.74) is 3.13. The molecular formula is C26H29NO6S. The number of thiophene rings is 1. The van der Waals surface area contributed by atoms with Crippen molar-refractivity contribution in [2.75, 3.05) is 27.9 Å². The van der Waals surface area contributed by atoms with E-state index in [2.05, 4.69) is 11.4 Å². The summed E-state index contributed by atoms with van der Waals surface area (Å²) in [6.45, 7) is 3.83. The van der Waals surface area contributed by atoms with Crippen molar-refractivity contribution in [1.29, 1.82) is 0 Å². The summed E-state index contributed by atoms with van der Waals surface area (Å²) in [7, 11) is 4.65. The molecule has 0 saturated heterocycles. The van der Waals surface area contributed by atoms with Gasteiger partial charge in [-0.2, -0.15) is 0 Å². The number of carbonyl (C=O) groups excluding carboxylic acids is 2. The van der Waals surface area contributed by atoms with Gasteiger partial charge in [0.1, 0.15) is 5.75 Å². The number of carbonyl (C=O) groups is 2. The molecule has 4 rings (SSSR count). The molecule has 0 saturated carbocycles. The summed E-state index contributed by atoms with van der Waals surface area (Å²) in [6.07, 6.45) is 1.06. The Balaban J connectivity index is 1.91. The summed E-state index contributed by atoms with van der Waals surface area (Å²) in [5, 5.41) is 5.39. The summed E-state index contributed by atoms with van der Waals surface area (Å²) in [6, 6.07) is 7.57. The van der Waals surface area contributed by atoms with Gasteiger partial charge in [0.2, 0.25) is 0 Å². The third kappa shape index (κ3) is 4.18. The molecule has 2 unspecified atom stereocenters. The molecule has 180 valence electrons. The SMILES string of the molecule is CCOC(=O)C1=C(C)NC2=C(C(=O)CC(c3cccs3)C2)C1c1cc(OC)c(OC)cc1OC. The van der Waals surface area contributed by atoms with Gasteiger partial charge in [-0.3, -0.25) is 4.79 Å². The van der Waals surface area contributed by atoms with E-state index in [0.29, 0.717) is 52.5 Å². The third-order valence-electron chi connectivity index (χ3n) is 6.32. The molecule has 0 spiro atoms. The van der Waals surface area contributed by atoms with Gasteiger partial charge in [0.15, 0.2) is 17.3 Å². The van der Waals surface area contributed by atoms with Crippen LogP contribution in [0.15, 0.2) is 52.2 Å². The van der Waals surface area contributed by atoms with E-state index in [1.165, 1.54) is 4.88 Å². The van der Waals surface area contributed by atoms with Crippen LogP contribution in [0.25, 0.3) is 0 Å². The molecule has 2 atom stereocenters. The number of dihydropyridines is 1. The first-order valence-electron chi connectivity index (χ1n) is 11.2. The van der Waals surface area contributed by atoms with E-state index in [4.69, 9.17) is 18.9 Å². The first-order chi connectivity index (χ1) is 16.4. The zero-order valence-corrected chi connectivity index (χ0v) is 20.8. The fourth-order valence-corrected chi connectivity index (χ4v) is 5.66. The van der Waals surface area contributed by atoms with Crippen molar-refractivity contribution in [3.8, 4) is 17.2 Å². The minimum atomic E-state index is -0.651. The van der Waals surface area contributed by atoms with Crippen LogP contribution >= 0.6 is 11.3 Å². The molecule has 1 aromatic carbocycles. The van der Waals surface area contributed by atoms with E-state index in [1.54, 1.807) is 51.7 Å².